The number of rotatable bonds is 8. The smallest absolute Gasteiger partial charge is 0.241 e. The molecule has 0 radical (unpaired) electrons. The van der Waals surface area contributed by atoms with Crippen LogP contribution in [0, 0.1) is 5.92 Å². The van der Waals surface area contributed by atoms with Crippen LogP contribution in [-0.4, -0.2) is 49.5 Å². The average Bonchev–Trinajstić information content (AvgIpc) is 2.52. The van der Waals surface area contributed by atoms with E-state index in [4.69, 9.17) is 22.1 Å². The number of ether oxygens (including phenoxy) is 1. The van der Waals surface area contributed by atoms with Crippen molar-refractivity contribution in [3.8, 4) is 5.75 Å². The van der Waals surface area contributed by atoms with E-state index < -0.39 is 6.04 Å². The monoisotopic (exact) mass is 377 g/mol. The first-order valence-electron chi connectivity index (χ1n) is 7.47. The number of carbonyl (C=O) groups excluding carboxylic acids is 2. The molecule has 24 heavy (non-hydrogen) atoms. The molecule has 8 heteroatoms. The summed E-state index contributed by atoms with van der Waals surface area (Å²) in [6, 6.07) is 6.52. The Hall–Kier alpha value is -1.50. The molecule has 0 aromatic heterocycles. The van der Waals surface area contributed by atoms with Crippen molar-refractivity contribution < 1.29 is 14.3 Å². The standard InChI is InChI=1S/C16H24ClN3O3.ClH/c1-11(2)15(18)16(22)19-10-14(21)20(3)8-9-23-13-7-5-4-6-12(13)17;/h4-7,11,15H,8-10,18H2,1-3H3,(H,19,22);1H/t15-;/m0./s1. The van der Waals surface area contributed by atoms with Crippen LogP contribution in [0.5, 0.6) is 5.75 Å². The SMILES string of the molecule is CC(C)[C@H](N)C(=O)NCC(=O)N(C)CCOc1ccccc1Cl.Cl. The van der Waals surface area contributed by atoms with Crippen LogP contribution >= 0.6 is 24.0 Å². The van der Waals surface area contributed by atoms with E-state index in [1.54, 1.807) is 19.2 Å². The predicted molar refractivity (Wildman–Crippen MR) is 97.7 cm³/mol. The summed E-state index contributed by atoms with van der Waals surface area (Å²) in [5.74, 6) is 0.0595. The van der Waals surface area contributed by atoms with E-state index in [0.29, 0.717) is 23.9 Å². The van der Waals surface area contributed by atoms with Crippen LogP contribution in [0.3, 0.4) is 0 Å². The van der Waals surface area contributed by atoms with Gasteiger partial charge >= 0.3 is 0 Å². The number of amides is 2. The molecule has 0 bridgehead atoms. The zero-order chi connectivity index (χ0) is 17.4. The van der Waals surface area contributed by atoms with Crippen LogP contribution in [0.25, 0.3) is 0 Å². The number of halogens is 2. The van der Waals surface area contributed by atoms with Gasteiger partial charge in [-0.3, -0.25) is 9.59 Å². The normalized spacial score (nSPS) is 11.4. The Morgan fingerprint density at radius 1 is 1.33 bits per heavy atom. The summed E-state index contributed by atoms with van der Waals surface area (Å²) >= 11 is 5.98. The first-order chi connectivity index (χ1) is 10.8. The molecule has 0 aliphatic heterocycles. The van der Waals surface area contributed by atoms with Gasteiger partial charge in [0.15, 0.2) is 0 Å². The van der Waals surface area contributed by atoms with Gasteiger partial charge in [-0.25, -0.2) is 0 Å². The molecule has 136 valence electrons. The molecule has 2 amide bonds. The summed E-state index contributed by atoms with van der Waals surface area (Å²) in [7, 11) is 1.65. The molecule has 0 spiro atoms. The van der Waals surface area contributed by atoms with Crippen molar-refractivity contribution in [3.63, 3.8) is 0 Å². The minimum absolute atomic E-state index is 0. The molecule has 0 aliphatic carbocycles. The number of nitrogens with two attached hydrogens (primary N) is 1. The number of benzene rings is 1. The Balaban J connectivity index is 0.00000529. The minimum atomic E-state index is -0.614. The van der Waals surface area contributed by atoms with Crippen LogP contribution in [0.15, 0.2) is 24.3 Å². The van der Waals surface area contributed by atoms with Crippen molar-refractivity contribution in [1.82, 2.24) is 10.2 Å². The summed E-state index contributed by atoms with van der Waals surface area (Å²) in [6.07, 6.45) is 0. The minimum Gasteiger partial charge on any atom is -0.490 e. The lowest BCUT2D eigenvalue weighted by molar-refractivity contribution is -0.132. The Morgan fingerprint density at radius 3 is 2.54 bits per heavy atom. The molecule has 0 fully saturated rings. The highest BCUT2D eigenvalue weighted by Crippen LogP contribution is 2.22. The predicted octanol–water partition coefficient (Wildman–Crippen LogP) is 1.70. The van der Waals surface area contributed by atoms with E-state index in [2.05, 4.69) is 5.32 Å². The second-order valence-electron chi connectivity index (χ2n) is 5.58. The molecule has 1 aromatic carbocycles. The lowest BCUT2D eigenvalue weighted by Gasteiger charge is -2.19. The van der Waals surface area contributed by atoms with E-state index >= 15 is 0 Å². The maximum Gasteiger partial charge on any atom is 0.241 e. The van der Waals surface area contributed by atoms with Crippen molar-refractivity contribution >= 4 is 35.8 Å². The highest BCUT2D eigenvalue weighted by Gasteiger charge is 2.18. The molecule has 1 rings (SSSR count). The van der Waals surface area contributed by atoms with E-state index in [-0.39, 0.29) is 36.7 Å². The second kappa shape index (κ2) is 11.1. The van der Waals surface area contributed by atoms with Crippen molar-refractivity contribution in [1.29, 1.82) is 0 Å². The zero-order valence-corrected chi connectivity index (χ0v) is 15.7. The van der Waals surface area contributed by atoms with Gasteiger partial charge in [0, 0.05) is 7.05 Å². The van der Waals surface area contributed by atoms with Gasteiger partial charge in [0.25, 0.3) is 0 Å². The third-order valence-electron chi connectivity index (χ3n) is 3.38. The number of hydrogen-bond acceptors (Lipinski definition) is 4. The number of hydrogen-bond donors (Lipinski definition) is 2. The molecule has 0 saturated carbocycles. The molecule has 3 N–H and O–H groups in total. The summed E-state index contributed by atoms with van der Waals surface area (Å²) in [5.41, 5.74) is 5.71. The molecule has 1 atom stereocenters. The second-order valence-corrected chi connectivity index (χ2v) is 5.99. The molecule has 0 heterocycles. The quantitative estimate of drug-likeness (QED) is 0.721. The van der Waals surface area contributed by atoms with Gasteiger partial charge in [-0.1, -0.05) is 37.6 Å². The molecule has 1 aromatic rings. The topological polar surface area (TPSA) is 84.7 Å². The molecular formula is C16H25Cl2N3O3. The third-order valence-corrected chi connectivity index (χ3v) is 3.69. The maximum absolute atomic E-state index is 11.9. The van der Waals surface area contributed by atoms with E-state index in [0.717, 1.165) is 0 Å². The summed E-state index contributed by atoms with van der Waals surface area (Å²) < 4.78 is 5.52. The van der Waals surface area contributed by atoms with Gasteiger partial charge in [0.2, 0.25) is 11.8 Å². The number of nitrogens with zero attached hydrogens (tertiary/aromatic N) is 1. The van der Waals surface area contributed by atoms with Gasteiger partial charge in [0.05, 0.1) is 24.2 Å². The van der Waals surface area contributed by atoms with Gasteiger partial charge in [-0.05, 0) is 18.1 Å². The number of likely N-dealkylation sites (N-methyl/N-ethyl adjacent to an activating group) is 1. The molecule has 0 saturated heterocycles. The lowest BCUT2D eigenvalue weighted by Crippen LogP contribution is -2.47. The van der Waals surface area contributed by atoms with Gasteiger partial charge in [-0.2, -0.15) is 0 Å². The van der Waals surface area contributed by atoms with E-state index in [1.165, 1.54) is 4.90 Å². The largest absolute Gasteiger partial charge is 0.490 e. The summed E-state index contributed by atoms with van der Waals surface area (Å²) in [4.78, 5) is 25.1. The fourth-order valence-electron chi connectivity index (χ4n) is 1.70. The van der Waals surface area contributed by atoms with Crippen molar-refractivity contribution in [2.24, 2.45) is 11.7 Å². The number of carbonyl (C=O) groups is 2. The first kappa shape index (κ1) is 22.5. The fourth-order valence-corrected chi connectivity index (χ4v) is 1.89. The Bertz CT molecular complexity index is 541. The Labute approximate surface area is 154 Å². The van der Waals surface area contributed by atoms with Crippen molar-refractivity contribution in [2.75, 3.05) is 26.7 Å². The Kier molecular flexibility index (Phi) is 10.4. The van der Waals surface area contributed by atoms with Gasteiger partial charge < -0.3 is 20.7 Å². The Morgan fingerprint density at radius 2 is 1.96 bits per heavy atom. The van der Waals surface area contributed by atoms with Gasteiger partial charge in [0.1, 0.15) is 12.4 Å². The number of para-hydroxylation sites is 1. The highest BCUT2D eigenvalue weighted by molar-refractivity contribution is 6.32. The van der Waals surface area contributed by atoms with Crippen molar-refractivity contribution in [2.45, 2.75) is 19.9 Å². The first-order valence-corrected chi connectivity index (χ1v) is 7.85. The average molecular weight is 378 g/mol. The van der Waals surface area contributed by atoms with E-state index in [1.807, 2.05) is 26.0 Å². The molecule has 0 aliphatic rings. The summed E-state index contributed by atoms with van der Waals surface area (Å²) in [5, 5.41) is 3.07. The highest BCUT2D eigenvalue weighted by atomic mass is 35.5. The van der Waals surface area contributed by atoms with Crippen LogP contribution in [0.1, 0.15) is 13.8 Å². The van der Waals surface area contributed by atoms with Crippen LogP contribution < -0.4 is 15.8 Å². The molecule has 6 nitrogen and oxygen atoms in total. The maximum atomic E-state index is 11.9. The number of nitrogens with one attached hydrogen (secondary N) is 1. The van der Waals surface area contributed by atoms with Crippen molar-refractivity contribution in [3.05, 3.63) is 29.3 Å². The summed E-state index contributed by atoms with van der Waals surface area (Å²) in [6.45, 7) is 4.32. The molecular weight excluding hydrogens is 353 g/mol. The lowest BCUT2D eigenvalue weighted by atomic mass is 10.1. The zero-order valence-electron chi connectivity index (χ0n) is 14.1. The molecule has 0 unspecified atom stereocenters. The van der Waals surface area contributed by atoms with E-state index in [9.17, 15) is 9.59 Å². The van der Waals surface area contributed by atoms with Crippen LogP contribution in [0.4, 0.5) is 0 Å². The van der Waals surface area contributed by atoms with Crippen LogP contribution in [0.2, 0.25) is 5.02 Å². The van der Waals surface area contributed by atoms with Gasteiger partial charge in [-0.15, -0.1) is 12.4 Å². The third kappa shape index (κ3) is 7.38. The fraction of sp³-hybridized carbons (Fsp3) is 0.500. The van der Waals surface area contributed by atoms with Crippen LogP contribution in [-0.2, 0) is 9.59 Å².